The van der Waals surface area contributed by atoms with Crippen LogP contribution in [0.15, 0.2) is 46.6 Å². The summed E-state index contributed by atoms with van der Waals surface area (Å²) in [5, 5.41) is -1.44. The van der Waals surface area contributed by atoms with Gasteiger partial charge in [-0.1, -0.05) is 35.5 Å². The lowest BCUT2D eigenvalue weighted by molar-refractivity contribution is -0.0481. The van der Waals surface area contributed by atoms with Gasteiger partial charge in [0.05, 0.1) is 0 Å². The Bertz CT molecular complexity index is 1430. The molecule has 0 heterocycles. The second-order valence-electron chi connectivity index (χ2n) is 17.5. The first kappa shape index (κ1) is 57.9. The Morgan fingerprint density at radius 3 is 0.818 bits per heavy atom. The van der Waals surface area contributed by atoms with Gasteiger partial charge in [0.1, 0.15) is 10.6 Å². The van der Waals surface area contributed by atoms with Crippen LogP contribution >= 0.6 is 0 Å². The Balaban J connectivity index is 2.71. The van der Waals surface area contributed by atoms with E-state index in [2.05, 4.69) is 31.2 Å². The number of hydrogen-bond donors (Lipinski definition) is 0. The molecule has 4 rings (SSSR count). The predicted octanol–water partition coefficient (Wildman–Crippen LogP) is 12.5. The highest BCUT2D eigenvalue weighted by atomic mass is 28.5. The molecule has 382 valence electrons. The van der Waals surface area contributed by atoms with Gasteiger partial charge in [0.15, 0.2) is 4.28 Å². The smallest absolute Gasteiger partial charge is 0.373 e. The van der Waals surface area contributed by atoms with Crippen molar-refractivity contribution in [1.82, 2.24) is 0 Å². The van der Waals surface area contributed by atoms with E-state index in [9.17, 15) is 0 Å². The van der Waals surface area contributed by atoms with Gasteiger partial charge < -0.3 is 53.1 Å². The zero-order chi connectivity index (χ0) is 48.2. The summed E-state index contributed by atoms with van der Waals surface area (Å²) in [6.07, 6.45) is 24.8. The zero-order valence-corrected chi connectivity index (χ0v) is 47.8. The predicted molar refractivity (Wildman–Crippen MR) is 272 cm³/mol. The van der Waals surface area contributed by atoms with E-state index in [1.807, 2.05) is 76.2 Å². The molecule has 12 nitrogen and oxygen atoms in total. The first-order valence-electron chi connectivity index (χ1n) is 26.6. The first-order valence-corrected chi connectivity index (χ1v) is 33.5. The van der Waals surface area contributed by atoms with Crippen molar-refractivity contribution in [2.75, 3.05) is 72.7 Å². The molecule has 0 bridgehead atoms. The molecule has 0 aromatic rings. The molecule has 0 saturated heterocycles. The quantitative estimate of drug-likeness (QED) is 0.0461. The van der Waals surface area contributed by atoms with E-state index in [1.165, 1.54) is 11.1 Å². The average molecular weight is 1000 g/mol. The van der Waals surface area contributed by atoms with Gasteiger partial charge in [-0.3, -0.25) is 0 Å². The first-order chi connectivity index (χ1) is 32.0. The fourth-order valence-electron chi connectivity index (χ4n) is 11.9. The molecule has 0 aromatic carbocycles. The average Bonchev–Trinajstić information content (AvgIpc) is 3.32. The third-order valence-corrected chi connectivity index (χ3v) is 33.9. The molecule has 0 aliphatic heterocycles. The highest BCUT2D eigenvalue weighted by Crippen LogP contribution is 2.80. The Morgan fingerprint density at radius 1 is 0.333 bits per heavy atom. The minimum Gasteiger partial charge on any atom is -0.373 e. The van der Waals surface area contributed by atoms with Gasteiger partial charge >= 0.3 is 35.2 Å². The normalized spacial score (nSPS) is 18.8. The van der Waals surface area contributed by atoms with Crippen molar-refractivity contribution in [3.63, 3.8) is 0 Å². The minimum atomic E-state index is -4.87. The van der Waals surface area contributed by atoms with Crippen molar-refractivity contribution in [3.8, 4) is 0 Å². The molecule has 16 heteroatoms. The van der Waals surface area contributed by atoms with Crippen molar-refractivity contribution < 1.29 is 53.1 Å². The van der Waals surface area contributed by atoms with Crippen LogP contribution in [0.4, 0.5) is 0 Å². The fraction of sp³-hybridized carbons (Fsp3) is 0.840. The van der Waals surface area contributed by atoms with Gasteiger partial charge in [0, 0.05) is 72.7 Å². The van der Waals surface area contributed by atoms with E-state index >= 15 is 0 Å². The van der Waals surface area contributed by atoms with Crippen molar-refractivity contribution >= 4 is 35.2 Å². The zero-order valence-electron chi connectivity index (χ0n) is 43.8. The van der Waals surface area contributed by atoms with Crippen molar-refractivity contribution in [2.24, 2.45) is 0 Å². The maximum atomic E-state index is 8.71. The summed E-state index contributed by atoms with van der Waals surface area (Å²) in [7, 11) is -18.6. The Hall–Kier alpha value is -0.652. The maximum absolute atomic E-state index is 8.71. The third kappa shape index (κ3) is 10.9. The van der Waals surface area contributed by atoms with E-state index < -0.39 is 50.1 Å². The van der Waals surface area contributed by atoms with Crippen molar-refractivity contribution in [3.05, 3.63) is 46.6 Å². The van der Waals surface area contributed by atoms with Gasteiger partial charge in [-0.2, -0.15) is 0 Å². The Morgan fingerprint density at radius 2 is 0.576 bits per heavy atom. The highest BCUT2D eigenvalue weighted by Gasteiger charge is 3.00. The van der Waals surface area contributed by atoms with E-state index in [1.54, 1.807) is 0 Å². The van der Waals surface area contributed by atoms with Crippen LogP contribution < -0.4 is 0 Å². The summed E-state index contributed by atoms with van der Waals surface area (Å²) < 4.78 is 91.8. The summed E-state index contributed by atoms with van der Waals surface area (Å²) >= 11 is 0. The molecular formula is C50H94O12Si4. The van der Waals surface area contributed by atoms with Crippen molar-refractivity contribution in [1.29, 1.82) is 0 Å². The van der Waals surface area contributed by atoms with Crippen LogP contribution in [0.3, 0.4) is 0 Å². The number of rotatable bonds is 33. The molecule has 0 aromatic heterocycles. The monoisotopic (exact) mass is 999 g/mol. The van der Waals surface area contributed by atoms with E-state index in [4.69, 9.17) is 53.1 Å². The van der Waals surface area contributed by atoms with Crippen LogP contribution in [0.1, 0.15) is 186 Å². The lowest BCUT2D eigenvalue weighted by Crippen LogP contribution is -2.88. The topological polar surface area (TPSA) is 111 Å². The molecule has 0 spiro atoms. The van der Waals surface area contributed by atoms with Crippen LogP contribution in [-0.4, -0.2) is 113 Å². The lowest BCUT2D eigenvalue weighted by Gasteiger charge is -2.67. The van der Waals surface area contributed by atoms with Crippen LogP contribution in [0.2, 0.25) is 9.32 Å². The number of hydrogen-bond acceptors (Lipinski definition) is 12. The van der Waals surface area contributed by atoms with Gasteiger partial charge in [-0.15, -0.1) is 0 Å². The molecular weight excluding hydrogens is 905 g/mol. The molecule has 0 amide bonds. The second-order valence-corrected chi connectivity index (χ2v) is 29.9. The molecule has 4 aliphatic carbocycles. The molecule has 0 fully saturated rings. The summed E-state index contributed by atoms with van der Waals surface area (Å²) in [5.74, 6) is 0. The third-order valence-electron chi connectivity index (χ3n) is 13.8. The van der Waals surface area contributed by atoms with Crippen LogP contribution in [0, 0.1) is 0 Å². The van der Waals surface area contributed by atoms with Crippen LogP contribution in [0.25, 0.3) is 0 Å². The molecule has 4 aliphatic rings. The van der Waals surface area contributed by atoms with Gasteiger partial charge in [0.25, 0.3) is 0 Å². The molecule has 0 radical (unpaired) electrons. The summed E-state index contributed by atoms with van der Waals surface area (Å²) in [4.78, 5) is 0. The van der Waals surface area contributed by atoms with E-state index in [0.29, 0.717) is 32.7 Å². The summed E-state index contributed by atoms with van der Waals surface area (Å²) in [6.45, 7) is 27.4. The highest BCUT2D eigenvalue weighted by molar-refractivity contribution is 7.05. The van der Waals surface area contributed by atoms with Gasteiger partial charge in [0.2, 0.25) is 0 Å². The van der Waals surface area contributed by atoms with Gasteiger partial charge in [-0.25, -0.2) is 0 Å². The van der Waals surface area contributed by atoms with Gasteiger partial charge in [-0.05, 0) is 197 Å². The largest absolute Gasteiger partial charge is 0.518 e. The molecule has 0 saturated carbocycles. The molecule has 0 atom stereocenters. The molecule has 0 N–H and O–H groups in total. The lowest BCUT2D eigenvalue weighted by atomic mass is 9.78. The second kappa shape index (κ2) is 27.8. The summed E-state index contributed by atoms with van der Waals surface area (Å²) in [6, 6.07) is 0. The number of allylic oxidation sites excluding steroid dienone is 6. The van der Waals surface area contributed by atoms with E-state index in [0.717, 1.165) is 101 Å². The molecule has 66 heavy (non-hydrogen) atoms. The van der Waals surface area contributed by atoms with Crippen molar-refractivity contribution in [2.45, 2.75) is 201 Å². The molecule has 0 unspecified atom stereocenters. The Labute approximate surface area is 406 Å². The SMILES string of the molecule is CCO[Si](OCC)(OCC)C(C1=CCCCC1)(C1=CCCCC1)C([Si](OCC)(OCC)OCC)([Si](OCC)(OCC)OCC)[Si](OCC)(OCC)OC(C)(C1=CCCCC1)C1=CCCCC1. The van der Waals surface area contributed by atoms with E-state index in [-0.39, 0.29) is 52.9 Å². The maximum Gasteiger partial charge on any atom is 0.518 e. The standard InChI is InChI=1S/C50H94O12Si4/c1-13-51-63(52-14-2,53-15-3)49(46-40-32-26-33-41-46,47-42-34-27-35-43-47)50(64(54-16-4,55-17-5)56-18-6,65(57-19-7,58-20-8)59-21-9)66(60-22-10,61-23-11)62-48(12,44-36-28-24-29-37-44)45-38-30-25-31-39-45/h36,38,40,42H,13-35,37,39,41,43H2,1-12H3. The van der Waals surface area contributed by atoms with Crippen LogP contribution in [-0.2, 0) is 53.1 Å². The van der Waals surface area contributed by atoms with Crippen LogP contribution in [0.5, 0.6) is 0 Å². The summed E-state index contributed by atoms with van der Waals surface area (Å²) in [5.41, 5.74) is 3.71. The fourth-order valence-corrected chi connectivity index (χ4v) is 35.4. The Kier molecular flexibility index (Phi) is 24.4. The minimum absolute atomic E-state index is 0.229.